The van der Waals surface area contributed by atoms with Crippen molar-refractivity contribution < 1.29 is 14.3 Å². The van der Waals surface area contributed by atoms with E-state index in [1.54, 1.807) is 0 Å². The van der Waals surface area contributed by atoms with Crippen molar-refractivity contribution in [2.45, 2.75) is 65.0 Å². The smallest absolute Gasteiger partial charge is 0.308 e. The van der Waals surface area contributed by atoms with Crippen LogP contribution < -0.4 is 15.2 Å². The molecule has 4 heteroatoms. The monoisotopic (exact) mass is 289 g/mol. The van der Waals surface area contributed by atoms with Gasteiger partial charge in [-0.1, -0.05) is 0 Å². The molecule has 114 valence electrons. The van der Waals surface area contributed by atoms with E-state index in [4.69, 9.17) is 15.2 Å². The first-order valence-corrected chi connectivity index (χ1v) is 7.61. The number of ether oxygens (including phenoxy) is 2. The summed E-state index contributed by atoms with van der Waals surface area (Å²) in [6.45, 7) is 7.38. The highest BCUT2D eigenvalue weighted by Crippen LogP contribution is 2.52. The maximum Gasteiger partial charge on any atom is 0.308 e. The van der Waals surface area contributed by atoms with Crippen LogP contribution in [0.4, 0.5) is 0 Å². The third-order valence-electron chi connectivity index (χ3n) is 5.02. The van der Waals surface area contributed by atoms with E-state index < -0.39 is 0 Å². The molecule has 1 aliphatic carbocycles. The van der Waals surface area contributed by atoms with Gasteiger partial charge in [-0.15, -0.1) is 0 Å². The lowest BCUT2D eigenvalue weighted by atomic mass is 9.72. The van der Waals surface area contributed by atoms with Crippen molar-refractivity contribution >= 4 is 5.97 Å². The van der Waals surface area contributed by atoms with E-state index in [0.717, 1.165) is 47.3 Å². The number of carbonyl (C=O) groups excluding carboxylic acids is 1. The molecule has 0 amide bonds. The van der Waals surface area contributed by atoms with Crippen molar-refractivity contribution in [2.24, 2.45) is 5.73 Å². The van der Waals surface area contributed by atoms with Crippen molar-refractivity contribution in [1.82, 2.24) is 0 Å². The Hall–Kier alpha value is -1.55. The molecule has 1 fully saturated rings. The van der Waals surface area contributed by atoms with Crippen LogP contribution in [0, 0.1) is 20.8 Å². The molecule has 0 saturated heterocycles. The van der Waals surface area contributed by atoms with Gasteiger partial charge in [0.2, 0.25) is 0 Å². The Morgan fingerprint density at radius 2 is 1.90 bits per heavy atom. The average molecular weight is 289 g/mol. The quantitative estimate of drug-likeness (QED) is 0.637. The number of hydrogen-bond acceptors (Lipinski definition) is 4. The molecule has 1 aliphatic heterocycles. The molecular weight excluding hydrogens is 266 g/mol. The van der Waals surface area contributed by atoms with Gasteiger partial charge in [-0.05, 0) is 51.2 Å². The Bertz CT molecular complexity index is 617. The Kier molecular flexibility index (Phi) is 3.24. The zero-order valence-electron chi connectivity index (χ0n) is 13.2. The Morgan fingerprint density at radius 1 is 1.24 bits per heavy atom. The second-order valence-electron chi connectivity index (χ2n) is 6.49. The SMILES string of the molecule is CC(=O)Oc1c(C)c(C)c2c(c1C)C(N)CC1(CCC1)O2. The summed E-state index contributed by atoms with van der Waals surface area (Å²) >= 11 is 0. The number of fused-ring (bicyclic) bond motifs is 1. The summed E-state index contributed by atoms with van der Waals surface area (Å²) < 4.78 is 11.8. The topological polar surface area (TPSA) is 61.5 Å². The van der Waals surface area contributed by atoms with Crippen molar-refractivity contribution in [3.8, 4) is 11.5 Å². The Morgan fingerprint density at radius 3 is 2.43 bits per heavy atom. The van der Waals surface area contributed by atoms with Gasteiger partial charge in [-0.3, -0.25) is 4.79 Å². The van der Waals surface area contributed by atoms with Crippen LogP contribution in [0.2, 0.25) is 0 Å². The third-order valence-corrected chi connectivity index (χ3v) is 5.02. The van der Waals surface area contributed by atoms with E-state index in [1.165, 1.54) is 13.3 Å². The number of nitrogens with two attached hydrogens (primary N) is 1. The minimum atomic E-state index is -0.304. The maximum absolute atomic E-state index is 11.4. The van der Waals surface area contributed by atoms with Gasteiger partial charge in [-0.2, -0.15) is 0 Å². The highest BCUT2D eigenvalue weighted by Gasteiger charge is 2.46. The fourth-order valence-corrected chi connectivity index (χ4v) is 3.63. The molecule has 1 aromatic carbocycles. The number of hydrogen-bond donors (Lipinski definition) is 1. The number of carbonyl (C=O) groups is 1. The van der Waals surface area contributed by atoms with Crippen LogP contribution in [0.15, 0.2) is 0 Å². The largest absolute Gasteiger partial charge is 0.487 e. The molecule has 4 nitrogen and oxygen atoms in total. The first-order valence-electron chi connectivity index (χ1n) is 7.61. The van der Waals surface area contributed by atoms with Crippen LogP contribution in [0.5, 0.6) is 11.5 Å². The van der Waals surface area contributed by atoms with E-state index in [1.807, 2.05) is 20.8 Å². The van der Waals surface area contributed by atoms with Crippen LogP contribution in [0.25, 0.3) is 0 Å². The van der Waals surface area contributed by atoms with Crippen LogP contribution in [-0.2, 0) is 4.79 Å². The van der Waals surface area contributed by atoms with Crippen molar-refractivity contribution in [2.75, 3.05) is 0 Å². The fraction of sp³-hybridized carbons (Fsp3) is 0.588. The molecule has 21 heavy (non-hydrogen) atoms. The first-order chi connectivity index (χ1) is 9.84. The van der Waals surface area contributed by atoms with Gasteiger partial charge in [-0.25, -0.2) is 0 Å². The molecule has 1 atom stereocenters. The molecule has 1 saturated carbocycles. The second-order valence-corrected chi connectivity index (χ2v) is 6.49. The minimum absolute atomic E-state index is 0.0531. The molecule has 0 aromatic heterocycles. The first kappa shape index (κ1) is 14.4. The molecule has 1 unspecified atom stereocenters. The van der Waals surface area contributed by atoms with E-state index in [2.05, 4.69) is 0 Å². The standard InChI is InChI=1S/C17H23NO3/c1-9-10(2)16-14(11(3)15(9)20-12(4)19)13(18)8-17(21-16)6-5-7-17/h13H,5-8,18H2,1-4H3. The van der Waals surface area contributed by atoms with Crippen LogP contribution in [-0.4, -0.2) is 11.6 Å². The van der Waals surface area contributed by atoms with Gasteiger partial charge in [0.25, 0.3) is 0 Å². The lowest BCUT2D eigenvalue weighted by Gasteiger charge is -2.48. The predicted octanol–water partition coefficient (Wildman–Crippen LogP) is 3.24. The molecule has 0 radical (unpaired) electrons. The van der Waals surface area contributed by atoms with Gasteiger partial charge in [0.15, 0.2) is 0 Å². The molecule has 0 bridgehead atoms. The number of esters is 1. The van der Waals surface area contributed by atoms with Crippen LogP contribution >= 0.6 is 0 Å². The lowest BCUT2D eigenvalue weighted by molar-refractivity contribution is -0.132. The summed E-state index contributed by atoms with van der Waals surface area (Å²) in [5.74, 6) is 1.25. The third kappa shape index (κ3) is 2.13. The Balaban J connectivity index is 2.14. The van der Waals surface area contributed by atoms with E-state index in [0.29, 0.717) is 5.75 Å². The second kappa shape index (κ2) is 4.73. The van der Waals surface area contributed by atoms with Gasteiger partial charge in [0.05, 0.1) is 0 Å². The molecular formula is C17H23NO3. The summed E-state index contributed by atoms with van der Waals surface area (Å²) in [7, 11) is 0. The minimum Gasteiger partial charge on any atom is -0.487 e. The van der Waals surface area contributed by atoms with E-state index in [-0.39, 0.29) is 17.6 Å². The van der Waals surface area contributed by atoms with Crippen molar-refractivity contribution in [3.05, 3.63) is 22.3 Å². The molecule has 3 rings (SSSR count). The van der Waals surface area contributed by atoms with Gasteiger partial charge >= 0.3 is 5.97 Å². The van der Waals surface area contributed by atoms with Gasteiger partial charge < -0.3 is 15.2 Å². The average Bonchev–Trinajstić information content (AvgIpc) is 2.38. The van der Waals surface area contributed by atoms with E-state index >= 15 is 0 Å². The maximum atomic E-state index is 11.4. The zero-order chi connectivity index (χ0) is 15.4. The molecule has 2 N–H and O–H groups in total. The van der Waals surface area contributed by atoms with Crippen LogP contribution in [0.1, 0.15) is 60.9 Å². The molecule has 1 spiro atoms. The summed E-state index contributed by atoms with van der Waals surface area (Å²) in [4.78, 5) is 11.4. The highest BCUT2D eigenvalue weighted by atomic mass is 16.5. The van der Waals surface area contributed by atoms with Crippen LogP contribution in [0.3, 0.4) is 0 Å². The van der Waals surface area contributed by atoms with Gasteiger partial charge in [0, 0.05) is 30.5 Å². The zero-order valence-corrected chi connectivity index (χ0v) is 13.2. The summed E-state index contributed by atoms with van der Waals surface area (Å²) in [6.07, 6.45) is 4.24. The highest BCUT2D eigenvalue weighted by molar-refractivity contribution is 5.72. The van der Waals surface area contributed by atoms with Crippen molar-refractivity contribution in [1.29, 1.82) is 0 Å². The molecule has 2 aliphatic rings. The Labute approximate surface area is 125 Å². The number of rotatable bonds is 1. The number of benzene rings is 1. The van der Waals surface area contributed by atoms with Crippen molar-refractivity contribution in [3.63, 3.8) is 0 Å². The predicted molar refractivity (Wildman–Crippen MR) is 80.7 cm³/mol. The molecule has 1 aromatic rings. The van der Waals surface area contributed by atoms with Gasteiger partial charge in [0.1, 0.15) is 17.1 Å². The molecule has 1 heterocycles. The summed E-state index contributed by atoms with van der Waals surface area (Å²) in [6, 6.07) is -0.0531. The van der Waals surface area contributed by atoms with E-state index in [9.17, 15) is 4.79 Å². The lowest BCUT2D eigenvalue weighted by Crippen LogP contribution is -2.48. The summed E-state index contributed by atoms with van der Waals surface area (Å²) in [5.41, 5.74) is 10.3. The summed E-state index contributed by atoms with van der Waals surface area (Å²) in [5, 5.41) is 0. The normalized spacial score (nSPS) is 22.2. The fourth-order valence-electron chi connectivity index (χ4n) is 3.63.